The van der Waals surface area contributed by atoms with Gasteiger partial charge in [-0.05, 0) is 37.4 Å². The van der Waals surface area contributed by atoms with Gasteiger partial charge in [-0.25, -0.2) is 27.6 Å². The molecule has 0 aliphatic carbocycles. The molecule has 10 heteroatoms. The molecule has 0 bridgehead atoms. The number of hydrogen-bond acceptors (Lipinski definition) is 7. The van der Waals surface area contributed by atoms with Crippen LogP contribution in [0, 0.1) is 0 Å². The summed E-state index contributed by atoms with van der Waals surface area (Å²) in [6, 6.07) is 10.3. The van der Waals surface area contributed by atoms with E-state index in [1.807, 2.05) is 12.1 Å². The number of aromatic nitrogens is 5. The predicted molar refractivity (Wildman–Crippen MR) is 110 cm³/mol. The third-order valence-electron chi connectivity index (χ3n) is 4.64. The quantitative estimate of drug-likeness (QED) is 0.472. The number of fused-ring (bicyclic) bond motifs is 5. The van der Waals surface area contributed by atoms with Crippen molar-refractivity contribution in [2.75, 3.05) is 12.4 Å². The van der Waals surface area contributed by atoms with E-state index >= 15 is 0 Å². The van der Waals surface area contributed by atoms with Gasteiger partial charge in [0.05, 0.1) is 27.5 Å². The zero-order valence-electron chi connectivity index (χ0n) is 15.2. The summed E-state index contributed by atoms with van der Waals surface area (Å²) >= 11 is 0. The molecule has 0 radical (unpaired) electrons. The average Bonchev–Trinajstić information content (AvgIpc) is 3.14. The highest BCUT2D eigenvalue weighted by molar-refractivity contribution is 7.89. The Morgan fingerprint density at radius 3 is 2.79 bits per heavy atom. The van der Waals surface area contributed by atoms with E-state index in [1.54, 1.807) is 47.6 Å². The van der Waals surface area contributed by atoms with Crippen molar-refractivity contribution >= 4 is 48.9 Å². The molecule has 2 N–H and O–H groups in total. The smallest absolute Gasteiger partial charge is 0.240 e. The number of hydrogen-bond donors (Lipinski definition) is 2. The van der Waals surface area contributed by atoms with Gasteiger partial charge in [0.25, 0.3) is 0 Å². The molecule has 4 aromatic heterocycles. The van der Waals surface area contributed by atoms with Crippen LogP contribution in [0.2, 0.25) is 0 Å². The van der Waals surface area contributed by atoms with Crippen LogP contribution in [0.4, 0.5) is 11.5 Å². The molecule has 0 aliphatic heterocycles. The van der Waals surface area contributed by atoms with Crippen molar-refractivity contribution < 1.29 is 8.42 Å². The van der Waals surface area contributed by atoms with Crippen molar-refractivity contribution in [3.63, 3.8) is 0 Å². The van der Waals surface area contributed by atoms with Gasteiger partial charge in [0.1, 0.15) is 17.7 Å². The molecule has 9 nitrogen and oxygen atoms in total. The summed E-state index contributed by atoms with van der Waals surface area (Å²) in [4.78, 5) is 13.2. The summed E-state index contributed by atoms with van der Waals surface area (Å²) in [5.41, 5.74) is 2.86. The number of sulfonamides is 1. The summed E-state index contributed by atoms with van der Waals surface area (Å²) in [5, 5.41) is 9.59. The first-order valence-corrected chi connectivity index (χ1v) is 10.2. The van der Waals surface area contributed by atoms with E-state index in [1.165, 1.54) is 13.1 Å². The maximum absolute atomic E-state index is 12.1. The molecule has 5 rings (SSSR count). The van der Waals surface area contributed by atoms with Gasteiger partial charge in [-0.15, -0.1) is 0 Å². The second-order valence-corrected chi connectivity index (χ2v) is 8.23. The molecular formula is C19H15N7O2S. The Hall–Kier alpha value is -3.63. The fourth-order valence-corrected chi connectivity index (χ4v) is 4.05. The first kappa shape index (κ1) is 17.5. The van der Waals surface area contributed by atoms with Crippen molar-refractivity contribution in [1.29, 1.82) is 0 Å². The largest absolute Gasteiger partial charge is 0.340 e. The Bertz CT molecular complexity index is 1500. The average molecular weight is 405 g/mol. The summed E-state index contributed by atoms with van der Waals surface area (Å²) in [6.07, 6.45) is 6.69. The molecule has 0 spiro atoms. The summed E-state index contributed by atoms with van der Waals surface area (Å²) in [7, 11) is -2.18. The van der Waals surface area contributed by atoms with Crippen molar-refractivity contribution in [2.45, 2.75) is 4.90 Å². The molecule has 0 atom stereocenters. The van der Waals surface area contributed by atoms with Gasteiger partial charge < -0.3 is 5.32 Å². The van der Waals surface area contributed by atoms with Crippen LogP contribution in [0.5, 0.6) is 0 Å². The Morgan fingerprint density at radius 2 is 1.93 bits per heavy atom. The van der Waals surface area contributed by atoms with E-state index in [0.717, 1.165) is 21.8 Å². The van der Waals surface area contributed by atoms with Crippen LogP contribution in [0.25, 0.3) is 27.3 Å². The first-order valence-electron chi connectivity index (χ1n) is 8.73. The summed E-state index contributed by atoms with van der Waals surface area (Å²) in [5.74, 6) is 0.556. The van der Waals surface area contributed by atoms with Crippen molar-refractivity contribution in [3.05, 3.63) is 61.3 Å². The summed E-state index contributed by atoms with van der Waals surface area (Å²) < 4.78 is 28.3. The zero-order chi connectivity index (χ0) is 20.0. The highest BCUT2D eigenvalue weighted by atomic mass is 32.2. The minimum atomic E-state index is -3.56. The van der Waals surface area contributed by atoms with Crippen LogP contribution in [-0.2, 0) is 10.0 Å². The summed E-state index contributed by atoms with van der Waals surface area (Å²) in [6.45, 7) is 0. The number of benzene rings is 1. The van der Waals surface area contributed by atoms with Crippen LogP contribution in [0.1, 0.15) is 0 Å². The molecule has 0 saturated heterocycles. The highest BCUT2D eigenvalue weighted by Gasteiger charge is 2.17. The molecule has 0 fully saturated rings. The molecule has 144 valence electrons. The molecular weight excluding hydrogens is 390 g/mol. The number of nitrogens with one attached hydrogen (secondary N) is 2. The van der Waals surface area contributed by atoms with Crippen LogP contribution >= 0.6 is 0 Å². The zero-order valence-corrected chi connectivity index (χ0v) is 16.1. The fourth-order valence-electron chi connectivity index (χ4n) is 3.27. The Morgan fingerprint density at radius 1 is 1.07 bits per heavy atom. The second-order valence-electron chi connectivity index (χ2n) is 6.35. The lowest BCUT2D eigenvalue weighted by Gasteiger charge is -2.10. The van der Waals surface area contributed by atoms with Crippen LogP contribution < -0.4 is 10.0 Å². The van der Waals surface area contributed by atoms with Gasteiger partial charge in [-0.1, -0.05) is 6.07 Å². The Balaban J connectivity index is 1.75. The second kappa shape index (κ2) is 6.47. The van der Waals surface area contributed by atoms with E-state index < -0.39 is 10.0 Å². The Kier molecular flexibility index (Phi) is 3.89. The maximum atomic E-state index is 12.1. The van der Waals surface area contributed by atoms with Gasteiger partial charge in [-0.2, -0.15) is 5.10 Å². The molecule has 0 unspecified atom stereocenters. The SMILES string of the molecule is CNS(=O)(=O)c1cccc(Nc2nc3cnccc3c3nn4cnccc4c23)c1. The van der Waals surface area contributed by atoms with E-state index in [-0.39, 0.29) is 4.90 Å². The normalized spacial score (nSPS) is 12.0. The number of nitrogens with zero attached hydrogens (tertiary/aromatic N) is 5. The molecule has 5 aromatic rings. The number of rotatable bonds is 4. The predicted octanol–water partition coefficient (Wildman–Crippen LogP) is 2.48. The molecule has 1 aromatic carbocycles. The first-order chi connectivity index (χ1) is 14.1. The van der Waals surface area contributed by atoms with Crippen molar-refractivity contribution in [3.8, 4) is 0 Å². The van der Waals surface area contributed by atoms with Crippen molar-refractivity contribution in [1.82, 2.24) is 29.3 Å². The minimum Gasteiger partial charge on any atom is -0.340 e. The Labute approximate surface area is 165 Å². The van der Waals surface area contributed by atoms with Gasteiger partial charge >= 0.3 is 0 Å². The van der Waals surface area contributed by atoms with Crippen LogP contribution in [0.15, 0.2) is 66.2 Å². The van der Waals surface area contributed by atoms with Crippen LogP contribution in [-0.4, -0.2) is 40.0 Å². The molecule has 0 saturated carbocycles. The lowest BCUT2D eigenvalue weighted by atomic mass is 10.1. The molecule has 29 heavy (non-hydrogen) atoms. The van der Waals surface area contributed by atoms with E-state index in [0.29, 0.717) is 17.0 Å². The maximum Gasteiger partial charge on any atom is 0.240 e. The third-order valence-corrected chi connectivity index (χ3v) is 6.05. The van der Waals surface area contributed by atoms with E-state index in [2.05, 4.69) is 25.1 Å². The molecule has 0 amide bonds. The van der Waals surface area contributed by atoms with Crippen molar-refractivity contribution in [2.24, 2.45) is 0 Å². The lowest BCUT2D eigenvalue weighted by molar-refractivity contribution is 0.588. The van der Waals surface area contributed by atoms with Crippen LogP contribution in [0.3, 0.4) is 0 Å². The minimum absolute atomic E-state index is 0.160. The van der Waals surface area contributed by atoms with E-state index in [9.17, 15) is 8.42 Å². The number of pyridine rings is 2. The van der Waals surface area contributed by atoms with E-state index in [4.69, 9.17) is 4.98 Å². The third kappa shape index (κ3) is 2.85. The molecule has 0 aliphatic rings. The van der Waals surface area contributed by atoms with Gasteiger partial charge in [0, 0.05) is 23.5 Å². The highest BCUT2D eigenvalue weighted by Crippen LogP contribution is 2.33. The standard InChI is InChI=1S/C19H15N7O2S/c1-20-29(27,28)13-4-2-3-12(9-13)23-19-17-16-6-8-22-11-26(16)25-18(17)14-5-7-21-10-15(14)24-19/h2-11,20H,1H3,(H,23,24). The lowest BCUT2D eigenvalue weighted by Crippen LogP contribution is -2.18. The molecule has 4 heterocycles. The van der Waals surface area contributed by atoms with Gasteiger partial charge in [0.15, 0.2) is 0 Å². The van der Waals surface area contributed by atoms with Gasteiger partial charge in [0.2, 0.25) is 10.0 Å². The van der Waals surface area contributed by atoms with Gasteiger partial charge in [-0.3, -0.25) is 4.98 Å². The number of anilines is 2. The fraction of sp³-hybridized carbons (Fsp3) is 0.0526. The topological polar surface area (TPSA) is 114 Å². The monoisotopic (exact) mass is 405 g/mol.